The van der Waals surface area contributed by atoms with Crippen molar-refractivity contribution in [3.05, 3.63) is 65.2 Å². The van der Waals surface area contributed by atoms with Gasteiger partial charge < -0.3 is 4.74 Å². The van der Waals surface area contributed by atoms with E-state index in [0.717, 1.165) is 25.2 Å². The molecule has 0 saturated carbocycles. The highest BCUT2D eigenvalue weighted by atomic mass is 79.9. The zero-order valence-corrected chi connectivity index (χ0v) is 13.7. The summed E-state index contributed by atoms with van der Waals surface area (Å²) in [4.78, 5) is 0.207. The second kappa shape index (κ2) is 7.49. The van der Waals surface area contributed by atoms with Crippen LogP contribution in [0, 0.1) is 0 Å². The van der Waals surface area contributed by atoms with Crippen molar-refractivity contribution in [2.24, 2.45) is 0 Å². The predicted octanol–water partition coefficient (Wildman–Crippen LogP) is 5.52. The Balaban J connectivity index is 2.16. The molecule has 1 atom stereocenters. The molecule has 106 valence electrons. The fourth-order valence-corrected chi connectivity index (χ4v) is 2.69. The number of benzene rings is 2. The van der Waals surface area contributed by atoms with E-state index in [9.17, 15) is 0 Å². The summed E-state index contributed by atoms with van der Waals surface area (Å²) in [5, 5.41) is 0. The molecule has 0 saturated heterocycles. The van der Waals surface area contributed by atoms with Crippen LogP contribution in [0.25, 0.3) is 0 Å². The Kier molecular flexibility index (Phi) is 5.66. The fourth-order valence-electron chi connectivity index (χ4n) is 2.10. The first-order valence-corrected chi connectivity index (χ1v) is 8.11. The third-order valence-corrected chi connectivity index (χ3v) is 4.36. The second-order valence-electron chi connectivity index (χ2n) is 4.88. The lowest BCUT2D eigenvalue weighted by Gasteiger charge is -2.13. The van der Waals surface area contributed by atoms with Gasteiger partial charge in [0.15, 0.2) is 0 Å². The summed E-state index contributed by atoms with van der Waals surface area (Å²) in [7, 11) is 0. The first-order chi connectivity index (χ1) is 9.74. The van der Waals surface area contributed by atoms with E-state index >= 15 is 0 Å². The normalized spacial score (nSPS) is 12.2. The van der Waals surface area contributed by atoms with Crippen LogP contribution in [0.4, 0.5) is 0 Å². The van der Waals surface area contributed by atoms with Gasteiger partial charge in [0.25, 0.3) is 0 Å². The number of aryl methyl sites for hydroxylation is 1. The van der Waals surface area contributed by atoms with E-state index in [0.29, 0.717) is 0 Å². The quantitative estimate of drug-likeness (QED) is 0.632. The third-order valence-electron chi connectivity index (χ3n) is 3.30. The van der Waals surface area contributed by atoms with Gasteiger partial charge in [-0.15, -0.1) is 0 Å². The molecule has 2 heteroatoms. The first kappa shape index (κ1) is 15.1. The van der Waals surface area contributed by atoms with Crippen LogP contribution in [0.1, 0.15) is 41.8 Å². The van der Waals surface area contributed by atoms with Crippen molar-refractivity contribution in [3.8, 4) is 5.75 Å². The molecule has 0 bridgehead atoms. The molecule has 0 aromatic heterocycles. The maximum absolute atomic E-state index is 5.70. The Morgan fingerprint density at radius 3 is 2.40 bits per heavy atom. The number of ether oxygens (including phenoxy) is 1. The number of alkyl halides is 1. The van der Waals surface area contributed by atoms with Crippen molar-refractivity contribution in [2.75, 3.05) is 6.61 Å². The Morgan fingerprint density at radius 1 is 1.00 bits per heavy atom. The minimum atomic E-state index is 0.207. The highest BCUT2D eigenvalue weighted by Gasteiger charge is 2.11. The molecule has 0 aliphatic carbocycles. The SMILES string of the molecule is CCCOc1cccc(C(Br)c2ccc(CC)cc2)c1. The molecule has 0 aliphatic rings. The van der Waals surface area contributed by atoms with Gasteiger partial charge in [0.1, 0.15) is 5.75 Å². The molecule has 0 amide bonds. The zero-order valence-electron chi connectivity index (χ0n) is 12.1. The Morgan fingerprint density at radius 2 is 1.75 bits per heavy atom. The van der Waals surface area contributed by atoms with Crippen LogP contribution in [0.3, 0.4) is 0 Å². The van der Waals surface area contributed by atoms with Crippen LogP contribution < -0.4 is 4.74 Å². The molecule has 0 heterocycles. The molecule has 0 N–H and O–H groups in total. The fraction of sp³-hybridized carbons (Fsp3) is 0.333. The zero-order chi connectivity index (χ0) is 14.4. The monoisotopic (exact) mass is 332 g/mol. The average Bonchev–Trinajstić information content (AvgIpc) is 2.52. The molecule has 1 unspecified atom stereocenters. The summed E-state index contributed by atoms with van der Waals surface area (Å²) >= 11 is 3.79. The molecular weight excluding hydrogens is 312 g/mol. The van der Waals surface area contributed by atoms with Crippen molar-refractivity contribution in [3.63, 3.8) is 0 Å². The van der Waals surface area contributed by atoms with Crippen LogP contribution in [0.15, 0.2) is 48.5 Å². The number of rotatable bonds is 6. The van der Waals surface area contributed by atoms with E-state index in [4.69, 9.17) is 4.74 Å². The molecule has 2 aromatic carbocycles. The molecule has 2 rings (SSSR count). The molecule has 2 aromatic rings. The smallest absolute Gasteiger partial charge is 0.119 e. The van der Waals surface area contributed by atoms with E-state index in [1.165, 1.54) is 16.7 Å². The summed E-state index contributed by atoms with van der Waals surface area (Å²) in [6, 6.07) is 17.1. The maximum Gasteiger partial charge on any atom is 0.119 e. The largest absolute Gasteiger partial charge is 0.494 e. The van der Waals surface area contributed by atoms with Crippen molar-refractivity contribution >= 4 is 15.9 Å². The lowest BCUT2D eigenvalue weighted by atomic mass is 10.0. The van der Waals surface area contributed by atoms with Gasteiger partial charge in [-0.2, -0.15) is 0 Å². The highest BCUT2D eigenvalue weighted by Crippen LogP contribution is 2.32. The van der Waals surface area contributed by atoms with Crippen LogP contribution in [-0.4, -0.2) is 6.61 Å². The Hall–Kier alpha value is -1.28. The van der Waals surface area contributed by atoms with Crippen LogP contribution in [0.2, 0.25) is 0 Å². The number of hydrogen-bond acceptors (Lipinski definition) is 1. The standard InChI is InChI=1S/C18H21BrO/c1-3-12-20-17-7-5-6-16(13-17)18(19)15-10-8-14(4-2)9-11-15/h5-11,13,18H,3-4,12H2,1-2H3. The molecule has 0 radical (unpaired) electrons. The van der Waals surface area contributed by atoms with Crippen LogP contribution in [-0.2, 0) is 6.42 Å². The van der Waals surface area contributed by atoms with Crippen molar-refractivity contribution in [1.82, 2.24) is 0 Å². The van der Waals surface area contributed by atoms with Gasteiger partial charge >= 0.3 is 0 Å². The molecule has 0 aliphatic heterocycles. The average molecular weight is 333 g/mol. The summed E-state index contributed by atoms with van der Waals surface area (Å²) in [6.45, 7) is 5.06. The summed E-state index contributed by atoms with van der Waals surface area (Å²) in [5.41, 5.74) is 3.87. The minimum absolute atomic E-state index is 0.207. The van der Waals surface area contributed by atoms with Crippen LogP contribution >= 0.6 is 15.9 Å². The summed E-state index contributed by atoms with van der Waals surface area (Å²) in [6.07, 6.45) is 2.11. The number of hydrogen-bond donors (Lipinski definition) is 0. The maximum atomic E-state index is 5.70. The van der Waals surface area contributed by atoms with Crippen molar-refractivity contribution in [1.29, 1.82) is 0 Å². The number of halogens is 1. The summed E-state index contributed by atoms with van der Waals surface area (Å²) in [5.74, 6) is 0.943. The van der Waals surface area contributed by atoms with Gasteiger partial charge in [0.2, 0.25) is 0 Å². The van der Waals surface area contributed by atoms with Gasteiger partial charge in [0, 0.05) is 0 Å². The second-order valence-corrected chi connectivity index (χ2v) is 5.79. The van der Waals surface area contributed by atoms with E-state index < -0.39 is 0 Å². The first-order valence-electron chi connectivity index (χ1n) is 7.20. The Bertz CT molecular complexity index is 533. The van der Waals surface area contributed by atoms with Gasteiger partial charge in [0.05, 0.1) is 11.4 Å². The molecule has 20 heavy (non-hydrogen) atoms. The van der Waals surface area contributed by atoms with E-state index in [1.807, 2.05) is 6.07 Å². The van der Waals surface area contributed by atoms with E-state index in [1.54, 1.807) is 0 Å². The summed E-state index contributed by atoms with van der Waals surface area (Å²) < 4.78 is 5.70. The molecule has 0 spiro atoms. The van der Waals surface area contributed by atoms with Crippen molar-refractivity contribution in [2.45, 2.75) is 31.5 Å². The van der Waals surface area contributed by atoms with Gasteiger partial charge in [-0.05, 0) is 41.7 Å². The highest BCUT2D eigenvalue weighted by molar-refractivity contribution is 9.09. The molecular formula is C18H21BrO. The van der Waals surface area contributed by atoms with Gasteiger partial charge in [-0.1, -0.05) is 66.2 Å². The van der Waals surface area contributed by atoms with Crippen LogP contribution in [0.5, 0.6) is 5.75 Å². The Labute approximate surface area is 130 Å². The van der Waals surface area contributed by atoms with Crippen molar-refractivity contribution < 1.29 is 4.74 Å². The van der Waals surface area contributed by atoms with E-state index in [-0.39, 0.29) is 4.83 Å². The molecule has 1 nitrogen and oxygen atoms in total. The predicted molar refractivity (Wildman–Crippen MR) is 88.8 cm³/mol. The van der Waals surface area contributed by atoms with Gasteiger partial charge in [-0.25, -0.2) is 0 Å². The topological polar surface area (TPSA) is 9.23 Å². The van der Waals surface area contributed by atoms with E-state index in [2.05, 4.69) is 72.2 Å². The minimum Gasteiger partial charge on any atom is -0.494 e. The lowest BCUT2D eigenvalue weighted by molar-refractivity contribution is 0.317. The lowest BCUT2D eigenvalue weighted by Crippen LogP contribution is -1.97. The molecule has 0 fully saturated rings. The van der Waals surface area contributed by atoms with Gasteiger partial charge in [-0.3, -0.25) is 0 Å². The third kappa shape index (κ3) is 3.86.